The Bertz CT molecular complexity index is 946. The highest BCUT2D eigenvalue weighted by atomic mass is 16.6. The normalized spacial score (nSPS) is 12.6. The van der Waals surface area contributed by atoms with Gasteiger partial charge in [0.25, 0.3) is 0 Å². The number of amides is 2. The van der Waals surface area contributed by atoms with Crippen LogP contribution in [0.25, 0.3) is 0 Å². The first-order valence-corrected chi connectivity index (χ1v) is 16.6. The minimum absolute atomic E-state index is 0.0329. The van der Waals surface area contributed by atoms with Crippen LogP contribution in [0.3, 0.4) is 0 Å². The second kappa shape index (κ2) is 23.3. The van der Waals surface area contributed by atoms with E-state index in [4.69, 9.17) is 19.9 Å². The number of nitrogens with two attached hydrogens (primary N) is 1. The molecule has 9 nitrogen and oxygen atoms in total. The summed E-state index contributed by atoms with van der Waals surface area (Å²) in [5, 5.41) is 2.58. The van der Waals surface area contributed by atoms with Crippen LogP contribution in [-0.4, -0.2) is 42.2 Å². The monoisotopic (exact) mass is 618 g/mol. The lowest BCUT2D eigenvalue weighted by atomic mass is 9.97. The summed E-state index contributed by atoms with van der Waals surface area (Å²) in [6.07, 6.45) is 14.1. The first-order chi connectivity index (χ1) is 21.0. The predicted octanol–water partition coefficient (Wildman–Crippen LogP) is 7.53. The van der Waals surface area contributed by atoms with E-state index in [0.717, 1.165) is 31.2 Å². The molecular formula is C35H58N2O7. The number of hydrogen-bond donors (Lipinski definition) is 2. The average molecular weight is 619 g/mol. The molecule has 0 aliphatic heterocycles. The van der Waals surface area contributed by atoms with Crippen LogP contribution in [0.15, 0.2) is 30.3 Å². The van der Waals surface area contributed by atoms with Crippen molar-refractivity contribution in [3.05, 3.63) is 35.9 Å². The van der Waals surface area contributed by atoms with E-state index in [1.165, 1.54) is 51.4 Å². The Morgan fingerprint density at radius 3 is 1.95 bits per heavy atom. The number of carbonyl (C=O) groups is 4. The summed E-state index contributed by atoms with van der Waals surface area (Å²) < 4.78 is 16.2. The number of unbranched alkanes of at least 4 members (excludes halogenated alkanes) is 10. The van der Waals surface area contributed by atoms with E-state index in [-0.39, 0.29) is 38.4 Å². The summed E-state index contributed by atoms with van der Waals surface area (Å²) in [7, 11) is 0. The van der Waals surface area contributed by atoms with Crippen LogP contribution in [0.1, 0.15) is 136 Å². The highest BCUT2D eigenvalue weighted by Gasteiger charge is 2.27. The molecule has 0 aliphatic carbocycles. The molecule has 1 aromatic carbocycles. The lowest BCUT2D eigenvalue weighted by molar-refractivity contribution is -0.149. The number of primary amides is 1. The summed E-state index contributed by atoms with van der Waals surface area (Å²) in [6, 6.07) is 8.35. The fourth-order valence-corrected chi connectivity index (χ4v) is 4.89. The summed E-state index contributed by atoms with van der Waals surface area (Å²) in [6.45, 7) is 7.62. The van der Waals surface area contributed by atoms with Crippen LogP contribution in [0, 0.1) is 5.92 Å². The maximum absolute atomic E-state index is 13.1. The summed E-state index contributed by atoms with van der Waals surface area (Å²) in [5.41, 5.74) is 5.61. The van der Waals surface area contributed by atoms with Crippen molar-refractivity contribution in [1.82, 2.24) is 5.32 Å². The Morgan fingerprint density at radius 1 is 0.795 bits per heavy atom. The van der Waals surface area contributed by atoms with Gasteiger partial charge in [-0.05, 0) is 45.6 Å². The molecule has 1 rings (SSSR count). The van der Waals surface area contributed by atoms with Crippen LogP contribution < -0.4 is 11.1 Å². The summed E-state index contributed by atoms with van der Waals surface area (Å²) >= 11 is 0. The third-order valence-electron chi connectivity index (χ3n) is 7.26. The standard InChI is InChI=1S/C35H58N2O7/c1-5-6-7-8-9-10-11-12-13-14-16-22-29(25-31(36)38)27-43-33(40)30(37-34(41)44-35(2,3)4)23-19-24-32(39)42-26-28-20-17-15-18-21-28/h15,17-18,20-21,29-30H,5-14,16,19,22-27H2,1-4H3,(H2,36,38)(H,37,41)/t29-,30-/m0/s1. The van der Waals surface area contributed by atoms with E-state index in [1.54, 1.807) is 20.8 Å². The van der Waals surface area contributed by atoms with Crippen LogP contribution >= 0.6 is 0 Å². The van der Waals surface area contributed by atoms with Crippen molar-refractivity contribution in [3.63, 3.8) is 0 Å². The number of benzene rings is 1. The van der Waals surface area contributed by atoms with Gasteiger partial charge in [0, 0.05) is 18.8 Å². The molecule has 0 heterocycles. The molecule has 3 N–H and O–H groups in total. The van der Waals surface area contributed by atoms with Crippen molar-refractivity contribution in [3.8, 4) is 0 Å². The van der Waals surface area contributed by atoms with E-state index >= 15 is 0 Å². The first-order valence-electron chi connectivity index (χ1n) is 16.6. The van der Waals surface area contributed by atoms with Crippen LogP contribution in [0.4, 0.5) is 4.79 Å². The average Bonchev–Trinajstić information content (AvgIpc) is 2.96. The van der Waals surface area contributed by atoms with E-state index < -0.39 is 35.6 Å². The Labute approximate surface area is 265 Å². The fraction of sp³-hybridized carbons (Fsp3) is 0.714. The van der Waals surface area contributed by atoms with Gasteiger partial charge in [0.05, 0.1) is 6.61 Å². The van der Waals surface area contributed by atoms with Crippen molar-refractivity contribution in [2.45, 2.75) is 149 Å². The highest BCUT2D eigenvalue weighted by Crippen LogP contribution is 2.18. The van der Waals surface area contributed by atoms with Crippen molar-refractivity contribution in [2.75, 3.05) is 6.61 Å². The molecule has 0 saturated heterocycles. The predicted molar refractivity (Wildman–Crippen MR) is 173 cm³/mol. The van der Waals surface area contributed by atoms with Gasteiger partial charge in [0.2, 0.25) is 5.91 Å². The summed E-state index contributed by atoms with van der Waals surface area (Å²) in [4.78, 5) is 49.4. The molecule has 250 valence electrons. The number of hydrogen-bond acceptors (Lipinski definition) is 7. The van der Waals surface area contributed by atoms with Crippen LogP contribution in [0.2, 0.25) is 0 Å². The molecule has 0 spiro atoms. The second-order valence-electron chi connectivity index (χ2n) is 12.7. The molecule has 9 heteroatoms. The first kappa shape index (κ1) is 38.9. The van der Waals surface area contributed by atoms with Gasteiger partial charge in [0.15, 0.2) is 0 Å². The Kier molecular flexibility index (Phi) is 20.6. The maximum Gasteiger partial charge on any atom is 0.408 e. The van der Waals surface area contributed by atoms with Gasteiger partial charge in [-0.15, -0.1) is 0 Å². The van der Waals surface area contributed by atoms with Gasteiger partial charge in [0.1, 0.15) is 18.2 Å². The number of alkyl carbamates (subject to hydrolysis) is 1. The number of rotatable bonds is 24. The van der Waals surface area contributed by atoms with E-state index in [9.17, 15) is 19.2 Å². The zero-order chi connectivity index (χ0) is 32.6. The van der Waals surface area contributed by atoms with Crippen molar-refractivity contribution in [1.29, 1.82) is 0 Å². The molecule has 2 atom stereocenters. The fourth-order valence-electron chi connectivity index (χ4n) is 4.89. The van der Waals surface area contributed by atoms with E-state index in [2.05, 4.69) is 12.2 Å². The van der Waals surface area contributed by atoms with Crippen LogP contribution in [0.5, 0.6) is 0 Å². The quantitative estimate of drug-likeness (QED) is 0.0695. The molecule has 0 unspecified atom stereocenters. The number of esters is 2. The maximum atomic E-state index is 13.1. The van der Waals surface area contributed by atoms with Gasteiger partial charge in [-0.2, -0.15) is 0 Å². The number of carbonyl (C=O) groups excluding carboxylic acids is 4. The van der Waals surface area contributed by atoms with Crippen molar-refractivity contribution >= 4 is 23.9 Å². The molecule has 0 aromatic heterocycles. The lowest BCUT2D eigenvalue weighted by Gasteiger charge is -2.23. The van der Waals surface area contributed by atoms with Gasteiger partial charge < -0.3 is 25.3 Å². The molecule has 0 bridgehead atoms. The van der Waals surface area contributed by atoms with Gasteiger partial charge in [-0.1, -0.05) is 108 Å². The van der Waals surface area contributed by atoms with E-state index in [0.29, 0.717) is 6.42 Å². The molecular weight excluding hydrogens is 560 g/mol. The topological polar surface area (TPSA) is 134 Å². The van der Waals surface area contributed by atoms with Crippen molar-refractivity contribution < 1.29 is 33.4 Å². The zero-order valence-corrected chi connectivity index (χ0v) is 27.7. The number of ether oxygens (including phenoxy) is 3. The molecule has 0 aliphatic rings. The lowest BCUT2D eigenvalue weighted by Crippen LogP contribution is -2.44. The second-order valence-corrected chi connectivity index (χ2v) is 12.7. The third kappa shape index (κ3) is 21.6. The van der Waals surface area contributed by atoms with Crippen LogP contribution in [-0.2, 0) is 35.2 Å². The Balaban J connectivity index is 2.53. The molecule has 0 saturated carbocycles. The Hall–Kier alpha value is -3.10. The highest BCUT2D eigenvalue weighted by molar-refractivity contribution is 5.81. The summed E-state index contributed by atoms with van der Waals surface area (Å²) in [5.74, 6) is -1.66. The largest absolute Gasteiger partial charge is 0.464 e. The molecule has 44 heavy (non-hydrogen) atoms. The molecule has 0 fully saturated rings. The SMILES string of the molecule is CCCCCCCCCCCCC[C@H](COC(=O)[C@H](CCCC(=O)OCc1ccccc1)NC(=O)OC(C)(C)C)CC(N)=O. The van der Waals surface area contributed by atoms with Gasteiger partial charge >= 0.3 is 18.0 Å². The molecule has 1 aromatic rings. The minimum Gasteiger partial charge on any atom is -0.464 e. The molecule has 2 amide bonds. The smallest absolute Gasteiger partial charge is 0.408 e. The molecule has 0 radical (unpaired) electrons. The van der Waals surface area contributed by atoms with Gasteiger partial charge in [-0.25, -0.2) is 9.59 Å². The van der Waals surface area contributed by atoms with Gasteiger partial charge in [-0.3, -0.25) is 9.59 Å². The third-order valence-corrected chi connectivity index (χ3v) is 7.26. The Morgan fingerprint density at radius 2 is 1.39 bits per heavy atom. The zero-order valence-electron chi connectivity index (χ0n) is 27.7. The van der Waals surface area contributed by atoms with Crippen molar-refractivity contribution in [2.24, 2.45) is 11.7 Å². The number of nitrogens with one attached hydrogen (secondary N) is 1. The minimum atomic E-state index is -1.01. The van der Waals surface area contributed by atoms with E-state index in [1.807, 2.05) is 30.3 Å².